The van der Waals surface area contributed by atoms with Crippen LogP contribution in [0.25, 0.3) is 22.2 Å². The second-order valence-electron chi connectivity index (χ2n) is 8.64. The third-order valence-corrected chi connectivity index (χ3v) is 6.46. The Hall–Kier alpha value is -3.60. The average Bonchev–Trinajstić information content (AvgIpc) is 3.34. The Bertz CT molecular complexity index is 1300. The van der Waals surface area contributed by atoms with Crippen LogP contribution in [0, 0.1) is 6.08 Å². The van der Waals surface area contributed by atoms with Gasteiger partial charge in [0.15, 0.2) is 11.5 Å². The first-order chi connectivity index (χ1) is 16.7. The van der Waals surface area contributed by atoms with E-state index in [-0.39, 0.29) is 12.1 Å². The van der Waals surface area contributed by atoms with E-state index in [1.54, 1.807) is 12.4 Å². The number of nitrogens with one attached hydrogen (secondary N) is 2. The van der Waals surface area contributed by atoms with Gasteiger partial charge in [-0.1, -0.05) is 0 Å². The molecule has 4 heterocycles. The molecule has 1 aliphatic carbocycles. The van der Waals surface area contributed by atoms with E-state index >= 15 is 0 Å². The molecule has 0 amide bonds. The average molecular weight is 465 g/mol. The fourth-order valence-corrected chi connectivity index (χ4v) is 4.73. The van der Waals surface area contributed by atoms with E-state index in [9.17, 15) is 4.39 Å². The number of anilines is 2. The van der Waals surface area contributed by atoms with E-state index in [1.165, 1.54) is 6.33 Å². The van der Waals surface area contributed by atoms with Gasteiger partial charge in [-0.3, -0.25) is 4.98 Å². The summed E-state index contributed by atoms with van der Waals surface area (Å²) in [6, 6.07) is 4.30. The zero-order valence-corrected chi connectivity index (χ0v) is 18.6. The highest BCUT2D eigenvalue weighted by Crippen LogP contribution is 2.33. The Morgan fingerprint density at radius 3 is 2.68 bits per heavy atom. The molecule has 176 valence electrons. The second kappa shape index (κ2) is 8.98. The van der Waals surface area contributed by atoms with Gasteiger partial charge < -0.3 is 24.7 Å². The molecule has 0 radical (unpaired) electrons. The first-order valence-electron chi connectivity index (χ1n) is 11.6. The van der Waals surface area contributed by atoms with Gasteiger partial charge in [0, 0.05) is 43.3 Å². The largest absolute Gasteiger partial charge is 0.488 e. The van der Waals surface area contributed by atoms with Gasteiger partial charge in [-0.2, -0.15) is 14.4 Å². The smallest absolute Gasteiger partial charge is 0.312 e. The van der Waals surface area contributed by atoms with Crippen LogP contribution in [0.2, 0.25) is 0 Å². The fourth-order valence-electron chi connectivity index (χ4n) is 4.73. The molecule has 11 heteroatoms. The topological polar surface area (TPSA) is 114 Å². The molecule has 1 aromatic carbocycles. The van der Waals surface area contributed by atoms with Crippen LogP contribution in [0.4, 0.5) is 15.9 Å². The molecule has 4 aromatic rings. The lowest BCUT2D eigenvalue weighted by molar-refractivity contribution is 0.122. The van der Waals surface area contributed by atoms with Crippen molar-refractivity contribution in [3.05, 3.63) is 36.9 Å². The molecule has 0 bridgehead atoms. The minimum absolute atomic E-state index is 0.0655. The Balaban J connectivity index is 1.16. The lowest BCUT2D eigenvalue weighted by atomic mass is 9.93. The summed E-state index contributed by atoms with van der Waals surface area (Å²) in [6.07, 6.45) is 7.65. The van der Waals surface area contributed by atoms with E-state index < -0.39 is 6.08 Å². The van der Waals surface area contributed by atoms with E-state index in [2.05, 4.69) is 52.3 Å². The molecule has 1 saturated carbocycles. The number of ether oxygens (including phenoxy) is 2. The Morgan fingerprint density at radius 1 is 1.00 bits per heavy atom. The summed E-state index contributed by atoms with van der Waals surface area (Å²) >= 11 is 0. The molecule has 3 aromatic heterocycles. The number of hydrogen-bond acceptors (Lipinski definition) is 9. The Labute approximate surface area is 194 Å². The predicted molar refractivity (Wildman–Crippen MR) is 125 cm³/mol. The van der Waals surface area contributed by atoms with Gasteiger partial charge in [0.1, 0.15) is 16.8 Å². The van der Waals surface area contributed by atoms with E-state index in [4.69, 9.17) is 9.47 Å². The molecule has 34 heavy (non-hydrogen) atoms. The molecule has 10 nitrogen and oxygen atoms in total. The highest BCUT2D eigenvalue weighted by molar-refractivity contribution is 5.85. The van der Waals surface area contributed by atoms with Gasteiger partial charge >= 0.3 is 6.08 Å². The van der Waals surface area contributed by atoms with E-state index in [1.807, 2.05) is 0 Å². The van der Waals surface area contributed by atoms with Crippen LogP contribution >= 0.6 is 0 Å². The van der Waals surface area contributed by atoms with E-state index in [0.29, 0.717) is 30.2 Å². The van der Waals surface area contributed by atoms with Crippen LogP contribution in [0.3, 0.4) is 0 Å². The molecule has 1 aliphatic heterocycles. The number of fused-ring (bicyclic) bond motifs is 2. The monoisotopic (exact) mass is 464 g/mol. The van der Waals surface area contributed by atoms with Gasteiger partial charge in [-0.05, 0) is 31.7 Å². The highest BCUT2D eigenvalue weighted by atomic mass is 19.1. The quantitative estimate of drug-likeness (QED) is 0.430. The lowest BCUT2D eigenvalue weighted by Crippen LogP contribution is -2.36. The van der Waals surface area contributed by atoms with Crippen molar-refractivity contribution in [3.8, 4) is 5.75 Å². The lowest BCUT2D eigenvalue weighted by Gasteiger charge is -2.31. The maximum absolute atomic E-state index is 13.8. The summed E-state index contributed by atoms with van der Waals surface area (Å²) < 4.78 is 25.8. The molecule has 2 aliphatic rings. The molecule has 2 N–H and O–H groups in total. The van der Waals surface area contributed by atoms with Gasteiger partial charge in [0.2, 0.25) is 0 Å². The van der Waals surface area contributed by atoms with Gasteiger partial charge in [-0.15, -0.1) is 0 Å². The SMILES string of the molecule is Fc1nc(N[C@H]2CC[C@@H](Oc3cc(N4CCOCC4)cc4nccnc34)CC2)c2nc[nH]c2n1. The zero-order chi connectivity index (χ0) is 22.9. The van der Waals surface area contributed by atoms with Gasteiger partial charge in [-0.25, -0.2) is 9.97 Å². The zero-order valence-electron chi connectivity index (χ0n) is 18.6. The van der Waals surface area contributed by atoms with Crippen LogP contribution in [0.5, 0.6) is 5.75 Å². The van der Waals surface area contributed by atoms with Crippen LogP contribution in [0.15, 0.2) is 30.9 Å². The van der Waals surface area contributed by atoms with E-state index in [0.717, 1.165) is 61.2 Å². The first-order valence-corrected chi connectivity index (χ1v) is 11.6. The van der Waals surface area contributed by atoms with Crippen molar-refractivity contribution in [2.75, 3.05) is 36.5 Å². The second-order valence-corrected chi connectivity index (χ2v) is 8.64. The van der Waals surface area contributed by atoms with Crippen molar-refractivity contribution >= 4 is 33.7 Å². The van der Waals surface area contributed by atoms with Crippen molar-refractivity contribution in [1.29, 1.82) is 0 Å². The number of aromatic amines is 1. The predicted octanol–water partition coefficient (Wildman–Crippen LogP) is 3.07. The van der Waals surface area contributed by atoms with Crippen molar-refractivity contribution in [2.45, 2.75) is 37.8 Å². The number of imidazole rings is 1. The molecule has 6 rings (SSSR count). The molecule has 2 fully saturated rings. The van der Waals surface area contributed by atoms with Crippen molar-refractivity contribution < 1.29 is 13.9 Å². The number of rotatable bonds is 5. The number of hydrogen-bond donors (Lipinski definition) is 2. The van der Waals surface area contributed by atoms with Crippen LogP contribution in [-0.2, 0) is 4.74 Å². The fraction of sp³-hybridized carbons (Fsp3) is 0.435. The van der Waals surface area contributed by atoms with Crippen LogP contribution in [0.1, 0.15) is 25.7 Å². The summed E-state index contributed by atoms with van der Waals surface area (Å²) in [6.45, 7) is 3.11. The van der Waals surface area contributed by atoms with Crippen molar-refractivity contribution in [2.24, 2.45) is 0 Å². The summed E-state index contributed by atoms with van der Waals surface area (Å²) in [5, 5.41) is 3.35. The summed E-state index contributed by atoms with van der Waals surface area (Å²) in [7, 11) is 0. The molecular weight excluding hydrogens is 439 g/mol. The molecular formula is C23H25FN8O2. The summed E-state index contributed by atoms with van der Waals surface area (Å²) in [4.78, 5) is 26.0. The number of benzene rings is 1. The Kier molecular flexibility index (Phi) is 5.54. The molecule has 0 spiro atoms. The Morgan fingerprint density at radius 2 is 1.82 bits per heavy atom. The standard InChI is InChI=1S/C23H25FN8O2/c24-23-30-21-20(27-13-28-21)22(31-23)29-14-1-3-16(4-2-14)34-18-12-15(32-7-9-33-10-8-32)11-17-19(18)26-6-5-25-17/h5-6,11-14,16H,1-4,7-10H2,(H2,27,28,29,30,31)/t14-,16+. The number of nitrogens with zero attached hydrogens (tertiary/aromatic N) is 6. The van der Waals surface area contributed by atoms with Gasteiger partial charge in [0.25, 0.3) is 0 Å². The summed E-state index contributed by atoms with van der Waals surface area (Å²) in [5.41, 5.74) is 3.61. The third-order valence-electron chi connectivity index (χ3n) is 6.46. The molecule has 0 atom stereocenters. The number of halogens is 1. The number of aromatic nitrogens is 6. The molecule has 0 unspecified atom stereocenters. The minimum atomic E-state index is -0.774. The maximum atomic E-state index is 13.8. The molecule has 1 saturated heterocycles. The summed E-state index contributed by atoms with van der Waals surface area (Å²) in [5.74, 6) is 1.19. The minimum Gasteiger partial charge on any atom is -0.488 e. The normalized spacial score (nSPS) is 21.1. The maximum Gasteiger partial charge on any atom is 0.312 e. The first kappa shape index (κ1) is 21.0. The van der Waals surface area contributed by atoms with Crippen molar-refractivity contribution in [3.63, 3.8) is 0 Å². The van der Waals surface area contributed by atoms with Crippen LogP contribution in [-0.4, -0.2) is 68.4 Å². The third kappa shape index (κ3) is 4.18. The number of morpholine rings is 1. The van der Waals surface area contributed by atoms with Crippen molar-refractivity contribution in [1.82, 2.24) is 29.9 Å². The highest BCUT2D eigenvalue weighted by Gasteiger charge is 2.25. The number of H-pyrrole nitrogens is 1. The van der Waals surface area contributed by atoms with Gasteiger partial charge in [0.05, 0.1) is 31.2 Å². The van der Waals surface area contributed by atoms with Crippen LogP contribution < -0.4 is 15.0 Å².